The number of aliphatic hydroxyl groups excluding tert-OH is 1. The molecule has 0 bridgehead atoms. The van der Waals surface area contributed by atoms with Gasteiger partial charge in [0.05, 0.1) is 12.6 Å². The van der Waals surface area contributed by atoms with E-state index in [0.717, 1.165) is 46.3 Å². The van der Waals surface area contributed by atoms with Crippen molar-refractivity contribution < 1.29 is 19.0 Å². The first-order valence-electron chi connectivity index (χ1n) is 13.0. The number of rotatable bonds is 5. The fourth-order valence-electron chi connectivity index (χ4n) is 5.75. The summed E-state index contributed by atoms with van der Waals surface area (Å²) in [6.07, 6.45) is 2.40. The number of pyridine rings is 2. The van der Waals surface area contributed by atoms with Gasteiger partial charge in [0.2, 0.25) is 0 Å². The van der Waals surface area contributed by atoms with Crippen LogP contribution in [0.15, 0.2) is 42.6 Å². The number of aliphatic hydroxyl groups is 1. The van der Waals surface area contributed by atoms with Gasteiger partial charge in [-0.15, -0.1) is 0 Å². The zero-order valence-corrected chi connectivity index (χ0v) is 21.4. The van der Waals surface area contributed by atoms with Crippen molar-refractivity contribution in [3.8, 4) is 28.3 Å². The van der Waals surface area contributed by atoms with E-state index in [1.807, 2.05) is 42.6 Å². The number of H-pyrrole nitrogens is 1. The fraction of sp³-hybridized carbons (Fsp3) is 0.379. The minimum atomic E-state index is -0.967. The molecule has 3 aromatic heterocycles. The number of likely N-dealkylation sites (tertiary alicyclic amines) is 1. The molecule has 4 aromatic rings. The molecule has 6 rings (SSSR count). The second-order valence-electron chi connectivity index (χ2n) is 10.2. The van der Waals surface area contributed by atoms with Crippen molar-refractivity contribution in [1.82, 2.24) is 25.1 Å². The van der Waals surface area contributed by atoms with Gasteiger partial charge >= 0.3 is 0 Å². The van der Waals surface area contributed by atoms with E-state index in [1.165, 1.54) is 6.92 Å². The lowest BCUT2D eigenvalue weighted by Gasteiger charge is -2.32. The van der Waals surface area contributed by atoms with Crippen LogP contribution >= 0.6 is 0 Å². The number of carbonyl (C=O) groups is 1. The van der Waals surface area contributed by atoms with Crippen LogP contribution < -0.4 is 4.74 Å². The molecule has 2 aliphatic rings. The van der Waals surface area contributed by atoms with E-state index in [2.05, 4.69) is 10.2 Å². The third kappa shape index (κ3) is 4.30. The summed E-state index contributed by atoms with van der Waals surface area (Å²) in [6.45, 7) is 2.73. The van der Waals surface area contributed by atoms with Gasteiger partial charge in [-0.2, -0.15) is 5.10 Å². The van der Waals surface area contributed by atoms with Gasteiger partial charge in [0.25, 0.3) is 5.91 Å². The Morgan fingerprint density at radius 1 is 1.18 bits per heavy atom. The number of methoxy groups -OCH3 is 1. The second-order valence-corrected chi connectivity index (χ2v) is 10.2. The molecule has 8 nitrogen and oxygen atoms in total. The maximum atomic E-state index is 14.2. The molecular formula is C29H30FN5O3. The lowest BCUT2D eigenvalue weighted by molar-refractivity contribution is -0.140. The molecule has 2 unspecified atom stereocenters. The number of halogens is 1. The topological polar surface area (TPSA) is 104 Å². The Balaban J connectivity index is 1.29. The van der Waals surface area contributed by atoms with E-state index in [-0.39, 0.29) is 11.8 Å². The number of fused-ring (bicyclic) bond motifs is 2. The maximum Gasteiger partial charge on any atom is 0.251 e. The van der Waals surface area contributed by atoms with Gasteiger partial charge in [0.1, 0.15) is 34.9 Å². The number of hydrogen-bond donors (Lipinski definition) is 2. The van der Waals surface area contributed by atoms with Gasteiger partial charge < -0.3 is 14.7 Å². The van der Waals surface area contributed by atoms with Crippen LogP contribution in [0.25, 0.3) is 33.5 Å². The third-order valence-electron chi connectivity index (χ3n) is 7.76. The lowest BCUT2D eigenvalue weighted by atomic mass is 9.92. The van der Waals surface area contributed by atoms with Crippen LogP contribution in [0.5, 0.6) is 5.75 Å². The molecule has 1 aliphatic heterocycles. The first-order chi connectivity index (χ1) is 18.4. The van der Waals surface area contributed by atoms with Crippen molar-refractivity contribution >= 4 is 16.9 Å². The van der Waals surface area contributed by atoms with E-state index in [4.69, 9.17) is 14.7 Å². The van der Waals surface area contributed by atoms with Crippen molar-refractivity contribution in [2.24, 2.45) is 0 Å². The van der Waals surface area contributed by atoms with Crippen LogP contribution in [-0.4, -0.2) is 68.6 Å². The summed E-state index contributed by atoms with van der Waals surface area (Å²) >= 11 is 0. The highest BCUT2D eigenvalue weighted by molar-refractivity contribution is 5.93. The zero-order valence-electron chi connectivity index (χ0n) is 21.4. The number of nitrogens with zero attached hydrogens (tertiary/aromatic N) is 4. The minimum Gasteiger partial charge on any atom is -0.494 e. The number of carbonyl (C=O) groups excluding carboxylic acids is 1. The normalized spacial score (nSPS) is 18.5. The van der Waals surface area contributed by atoms with Crippen LogP contribution in [0.4, 0.5) is 4.39 Å². The number of aromatic amines is 1. The average molecular weight is 516 g/mol. The summed E-state index contributed by atoms with van der Waals surface area (Å²) in [5.41, 5.74) is 7.54. The molecule has 0 saturated carbocycles. The number of ether oxygens (including phenoxy) is 1. The largest absolute Gasteiger partial charge is 0.494 e. The van der Waals surface area contributed by atoms with Gasteiger partial charge in [-0.1, -0.05) is 18.2 Å². The Bertz CT molecular complexity index is 1490. The summed E-state index contributed by atoms with van der Waals surface area (Å²) in [4.78, 5) is 23.5. The van der Waals surface area contributed by atoms with Crippen LogP contribution in [0.3, 0.4) is 0 Å². The number of piperidine rings is 1. The summed E-state index contributed by atoms with van der Waals surface area (Å²) in [5, 5.41) is 17.2. The molecule has 1 aliphatic carbocycles. The van der Waals surface area contributed by atoms with E-state index in [0.29, 0.717) is 48.6 Å². The van der Waals surface area contributed by atoms with Crippen molar-refractivity contribution in [3.63, 3.8) is 0 Å². The molecule has 1 amide bonds. The van der Waals surface area contributed by atoms with E-state index >= 15 is 0 Å². The smallest absolute Gasteiger partial charge is 0.251 e. The van der Waals surface area contributed by atoms with Crippen LogP contribution in [0.1, 0.15) is 42.5 Å². The summed E-state index contributed by atoms with van der Waals surface area (Å²) in [7, 11) is 1.61. The van der Waals surface area contributed by atoms with E-state index in [1.54, 1.807) is 12.0 Å². The number of hydrogen-bond acceptors (Lipinski definition) is 6. The van der Waals surface area contributed by atoms with Gasteiger partial charge in [0.15, 0.2) is 0 Å². The predicted octanol–water partition coefficient (Wildman–Crippen LogP) is 4.22. The van der Waals surface area contributed by atoms with Gasteiger partial charge in [-0.3, -0.25) is 14.9 Å². The molecule has 0 spiro atoms. The second kappa shape index (κ2) is 9.79. The highest BCUT2D eigenvalue weighted by Crippen LogP contribution is 2.39. The highest BCUT2D eigenvalue weighted by Gasteiger charge is 2.28. The molecule has 2 N–H and O–H groups in total. The predicted molar refractivity (Wildman–Crippen MR) is 142 cm³/mol. The molecule has 4 heterocycles. The van der Waals surface area contributed by atoms with Crippen molar-refractivity contribution in [1.29, 1.82) is 0 Å². The van der Waals surface area contributed by atoms with Gasteiger partial charge in [0, 0.05) is 60.9 Å². The summed E-state index contributed by atoms with van der Waals surface area (Å²) in [5.74, 6) is 0.648. The summed E-state index contributed by atoms with van der Waals surface area (Å²) < 4.78 is 19.9. The van der Waals surface area contributed by atoms with Crippen molar-refractivity contribution in [2.45, 2.75) is 50.8 Å². The van der Waals surface area contributed by atoms with E-state index in [9.17, 15) is 14.3 Å². The highest BCUT2D eigenvalue weighted by atomic mass is 19.1. The summed E-state index contributed by atoms with van der Waals surface area (Å²) in [6, 6.07) is 11.8. The number of alkyl halides is 1. The van der Waals surface area contributed by atoms with Crippen LogP contribution in [-0.2, 0) is 17.6 Å². The quantitative estimate of drug-likeness (QED) is 0.413. The van der Waals surface area contributed by atoms with Crippen molar-refractivity contribution in [3.05, 3.63) is 59.4 Å². The number of benzene rings is 1. The molecule has 1 saturated heterocycles. The monoisotopic (exact) mass is 515 g/mol. The Kier molecular flexibility index (Phi) is 6.31. The number of aromatic nitrogens is 4. The van der Waals surface area contributed by atoms with Crippen LogP contribution in [0.2, 0.25) is 0 Å². The number of amides is 1. The molecule has 2 atom stereocenters. The molecule has 196 valence electrons. The molecule has 1 fully saturated rings. The number of nitrogens with one attached hydrogen (secondary N) is 1. The molecule has 38 heavy (non-hydrogen) atoms. The SMILES string of the molecule is COc1cc2[nH]nc(-c3ccc(C4CCN(C(=O)C(C)O)CC4)nc3)c2nc1-c1cccc2c1CC(F)C2. The first kappa shape index (κ1) is 24.5. The Labute approximate surface area is 219 Å². The van der Waals surface area contributed by atoms with E-state index < -0.39 is 12.3 Å². The Morgan fingerprint density at radius 2 is 2.00 bits per heavy atom. The van der Waals surface area contributed by atoms with Crippen molar-refractivity contribution in [2.75, 3.05) is 20.2 Å². The zero-order chi connectivity index (χ0) is 26.4. The maximum absolute atomic E-state index is 14.2. The lowest BCUT2D eigenvalue weighted by Crippen LogP contribution is -2.42. The van der Waals surface area contributed by atoms with Crippen LogP contribution in [0, 0.1) is 0 Å². The third-order valence-corrected chi connectivity index (χ3v) is 7.76. The van der Waals surface area contributed by atoms with Gasteiger partial charge in [-0.05, 0) is 43.0 Å². The first-order valence-corrected chi connectivity index (χ1v) is 13.0. The fourth-order valence-corrected chi connectivity index (χ4v) is 5.75. The average Bonchev–Trinajstić information content (AvgIpc) is 3.54. The minimum absolute atomic E-state index is 0.217. The molecular weight excluding hydrogens is 485 g/mol. The standard InChI is InChI=1S/C29H30FN5O3/c1-16(36)29(37)35-10-8-17(9-11-35)23-7-6-19(15-31-23)26-28-24(33-34-26)14-25(38-2)27(32-28)21-5-3-4-18-12-20(30)13-22(18)21/h3-7,14-17,20,36H,8-13H2,1-2H3,(H,33,34). The van der Waals surface area contributed by atoms with Gasteiger partial charge in [-0.25, -0.2) is 9.37 Å². The molecule has 9 heteroatoms. The Morgan fingerprint density at radius 3 is 2.71 bits per heavy atom. The Hall–Kier alpha value is -3.85. The molecule has 0 radical (unpaired) electrons. The molecule has 1 aromatic carbocycles.